The van der Waals surface area contributed by atoms with Crippen LogP contribution in [0.25, 0.3) is 0 Å². The lowest BCUT2D eigenvalue weighted by atomic mass is 9.55. The molecule has 2 heterocycles. The molecule has 2 aliphatic heterocycles. The number of nitrogens with zero attached hydrogens (tertiary/aromatic N) is 2. The van der Waals surface area contributed by atoms with Crippen LogP contribution in [0.2, 0.25) is 0 Å². The molecular weight excluding hydrogens is 524 g/mol. The van der Waals surface area contributed by atoms with Gasteiger partial charge in [0, 0.05) is 26.2 Å². The molecule has 0 saturated carbocycles. The molecule has 4 aromatic carbocycles. The normalized spacial score (nSPS) is 22.0. The number of carbonyl (C=O) groups excluding carboxylic acids is 2. The van der Waals surface area contributed by atoms with Crippen LogP contribution in [0.5, 0.6) is 11.5 Å². The highest BCUT2D eigenvalue weighted by Crippen LogP contribution is 2.56. The third-order valence-electron chi connectivity index (χ3n) is 9.14. The van der Waals surface area contributed by atoms with Gasteiger partial charge in [-0.05, 0) is 59.4 Å². The van der Waals surface area contributed by atoms with E-state index in [-0.39, 0.29) is 11.8 Å². The summed E-state index contributed by atoms with van der Waals surface area (Å²) >= 11 is 0. The first-order valence-electron chi connectivity index (χ1n) is 14.5. The third-order valence-corrected chi connectivity index (χ3v) is 9.14. The molecule has 0 aromatic heterocycles. The van der Waals surface area contributed by atoms with Crippen molar-refractivity contribution in [1.29, 1.82) is 0 Å². The Hall–Kier alpha value is -4.58. The predicted octanol–water partition coefficient (Wildman–Crippen LogP) is 5.74. The monoisotopic (exact) mass is 560 g/mol. The van der Waals surface area contributed by atoms with E-state index < -0.39 is 10.8 Å². The fourth-order valence-corrected chi connectivity index (χ4v) is 7.03. The van der Waals surface area contributed by atoms with E-state index in [1.165, 1.54) is 0 Å². The standard InChI is InChI=1S/C36H36N2O4/c1-41-31-17-13-27(14-18-31)25-37-23-21-35(33(37)39,29-9-5-3-6-10-29)36(30-11-7-4-8-12-30)22-24-38(34(36)40)26-28-15-19-32(42-2)20-16-28/h3-20H,21-26H2,1-2H3/t35-,36-/m0/s1. The molecule has 2 aliphatic rings. The van der Waals surface area contributed by atoms with Crippen LogP contribution in [0.1, 0.15) is 35.1 Å². The molecule has 2 saturated heterocycles. The summed E-state index contributed by atoms with van der Waals surface area (Å²) in [5.41, 5.74) is 1.79. The number of methoxy groups -OCH3 is 2. The van der Waals surface area contributed by atoms with E-state index in [1.807, 2.05) is 119 Å². The van der Waals surface area contributed by atoms with Gasteiger partial charge in [0.05, 0.1) is 25.0 Å². The molecular formula is C36H36N2O4. The van der Waals surface area contributed by atoms with Crippen LogP contribution in [0.3, 0.4) is 0 Å². The van der Waals surface area contributed by atoms with Crippen LogP contribution < -0.4 is 9.47 Å². The van der Waals surface area contributed by atoms with Crippen molar-refractivity contribution in [2.24, 2.45) is 0 Å². The quantitative estimate of drug-likeness (QED) is 0.262. The Kier molecular flexibility index (Phi) is 7.46. The maximum absolute atomic E-state index is 14.9. The first kappa shape index (κ1) is 27.6. The van der Waals surface area contributed by atoms with Gasteiger partial charge < -0.3 is 19.3 Å². The highest BCUT2D eigenvalue weighted by atomic mass is 16.5. The summed E-state index contributed by atoms with van der Waals surface area (Å²) in [6.45, 7) is 2.10. The van der Waals surface area contributed by atoms with Crippen molar-refractivity contribution in [3.8, 4) is 11.5 Å². The SMILES string of the molecule is COc1ccc(CN2CC[C@@](c3ccccc3)([C@]3(c4ccccc4)CCN(Cc4ccc(OC)cc4)C3=O)C2=O)cc1. The highest BCUT2D eigenvalue weighted by molar-refractivity contribution is 6.03. The van der Waals surface area contributed by atoms with Gasteiger partial charge in [0.1, 0.15) is 11.5 Å². The Morgan fingerprint density at radius 2 is 0.905 bits per heavy atom. The van der Waals surface area contributed by atoms with Crippen LogP contribution in [-0.4, -0.2) is 48.9 Å². The number of carbonyl (C=O) groups is 2. The van der Waals surface area contributed by atoms with Gasteiger partial charge in [-0.15, -0.1) is 0 Å². The zero-order valence-electron chi connectivity index (χ0n) is 24.2. The second kappa shape index (κ2) is 11.4. The largest absolute Gasteiger partial charge is 0.497 e. The summed E-state index contributed by atoms with van der Waals surface area (Å²) in [6.07, 6.45) is 1.12. The van der Waals surface area contributed by atoms with Gasteiger partial charge in [0.15, 0.2) is 0 Å². The predicted molar refractivity (Wildman–Crippen MR) is 162 cm³/mol. The van der Waals surface area contributed by atoms with Crippen LogP contribution in [0.15, 0.2) is 109 Å². The molecule has 0 unspecified atom stereocenters. The van der Waals surface area contributed by atoms with Crippen LogP contribution in [0.4, 0.5) is 0 Å². The van der Waals surface area contributed by atoms with E-state index in [9.17, 15) is 9.59 Å². The molecule has 2 amide bonds. The summed E-state index contributed by atoms with van der Waals surface area (Å²) in [4.78, 5) is 33.7. The molecule has 0 radical (unpaired) electrons. The van der Waals surface area contributed by atoms with Crippen LogP contribution in [0, 0.1) is 0 Å². The van der Waals surface area contributed by atoms with E-state index in [4.69, 9.17) is 9.47 Å². The van der Waals surface area contributed by atoms with Gasteiger partial charge >= 0.3 is 0 Å². The average Bonchev–Trinajstić information content (AvgIpc) is 3.55. The molecule has 0 aliphatic carbocycles. The first-order valence-corrected chi connectivity index (χ1v) is 14.5. The summed E-state index contributed by atoms with van der Waals surface area (Å²) in [5.74, 6) is 1.57. The fourth-order valence-electron chi connectivity index (χ4n) is 7.03. The Morgan fingerprint density at radius 1 is 0.548 bits per heavy atom. The lowest BCUT2D eigenvalue weighted by Crippen LogP contribution is -2.58. The van der Waals surface area contributed by atoms with Crippen LogP contribution >= 0.6 is 0 Å². The number of benzene rings is 4. The van der Waals surface area contributed by atoms with Crippen molar-refractivity contribution in [2.75, 3.05) is 27.3 Å². The number of amides is 2. The molecule has 6 heteroatoms. The van der Waals surface area contributed by atoms with Crippen molar-refractivity contribution >= 4 is 11.8 Å². The Bertz CT molecular complexity index is 1420. The minimum absolute atomic E-state index is 0.00742. The van der Waals surface area contributed by atoms with Gasteiger partial charge in [-0.1, -0.05) is 84.9 Å². The lowest BCUT2D eigenvalue weighted by Gasteiger charge is -2.44. The molecule has 4 aromatic rings. The van der Waals surface area contributed by atoms with Gasteiger partial charge in [-0.25, -0.2) is 0 Å². The Morgan fingerprint density at radius 3 is 1.24 bits per heavy atom. The van der Waals surface area contributed by atoms with Crippen molar-refractivity contribution in [3.05, 3.63) is 131 Å². The number of ether oxygens (including phenoxy) is 2. The molecule has 214 valence electrons. The van der Waals surface area contributed by atoms with Gasteiger partial charge in [0.2, 0.25) is 11.8 Å². The molecule has 6 rings (SSSR count). The second-order valence-electron chi connectivity index (χ2n) is 11.2. The van der Waals surface area contributed by atoms with Crippen molar-refractivity contribution in [3.63, 3.8) is 0 Å². The number of hydrogen-bond donors (Lipinski definition) is 0. The van der Waals surface area contributed by atoms with Gasteiger partial charge in [-0.3, -0.25) is 9.59 Å². The summed E-state index contributed by atoms with van der Waals surface area (Å²) in [5, 5.41) is 0. The number of hydrogen-bond acceptors (Lipinski definition) is 4. The zero-order chi connectivity index (χ0) is 29.2. The number of rotatable bonds is 9. The molecule has 2 fully saturated rings. The van der Waals surface area contributed by atoms with E-state index >= 15 is 0 Å². The second-order valence-corrected chi connectivity index (χ2v) is 11.2. The summed E-state index contributed by atoms with van der Waals surface area (Å²) < 4.78 is 10.7. The Labute approximate surface area is 247 Å². The smallest absolute Gasteiger partial charge is 0.235 e. The van der Waals surface area contributed by atoms with E-state index in [0.717, 1.165) is 33.8 Å². The van der Waals surface area contributed by atoms with E-state index in [0.29, 0.717) is 39.0 Å². The van der Waals surface area contributed by atoms with Crippen LogP contribution in [-0.2, 0) is 33.5 Å². The number of likely N-dealkylation sites (tertiary alicyclic amines) is 2. The maximum atomic E-state index is 14.9. The summed E-state index contributed by atoms with van der Waals surface area (Å²) in [7, 11) is 3.29. The molecule has 0 bridgehead atoms. The van der Waals surface area contributed by atoms with Gasteiger partial charge in [-0.2, -0.15) is 0 Å². The van der Waals surface area contributed by atoms with Crippen molar-refractivity contribution < 1.29 is 19.1 Å². The highest BCUT2D eigenvalue weighted by Gasteiger charge is 2.68. The Balaban J connectivity index is 1.43. The average molecular weight is 561 g/mol. The lowest BCUT2D eigenvalue weighted by molar-refractivity contribution is -0.144. The maximum Gasteiger partial charge on any atom is 0.235 e. The third kappa shape index (κ3) is 4.51. The zero-order valence-corrected chi connectivity index (χ0v) is 24.2. The first-order chi connectivity index (χ1) is 20.5. The fraction of sp³-hybridized carbons (Fsp3) is 0.278. The molecule has 2 atom stereocenters. The topological polar surface area (TPSA) is 59.1 Å². The minimum Gasteiger partial charge on any atom is -0.497 e. The van der Waals surface area contributed by atoms with E-state index in [2.05, 4.69) is 0 Å². The molecule has 6 nitrogen and oxygen atoms in total. The van der Waals surface area contributed by atoms with E-state index in [1.54, 1.807) is 14.2 Å². The molecule has 0 N–H and O–H groups in total. The molecule has 42 heavy (non-hydrogen) atoms. The minimum atomic E-state index is -1.03. The summed E-state index contributed by atoms with van der Waals surface area (Å²) in [6, 6.07) is 35.6. The molecule has 0 spiro atoms. The van der Waals surface area contributed by atoms with Crippen molar-refractivity contribution in [2.45, 2.75) is 36.8 Å². The van der Waals surface area contributed by atoms with Gasteiger partial charge in [0.25, 0.3) is 0 Å². The van der Waals surface area contributed by atoms with Crippen molar-refractivity contribution in [1.82, 2.24) is 9.80 Å².